The highest BCUT2D eigenvalue weighted by atomic mass is 35.5. The van der Waals surface area contributed by atoms with Gasteiger partial charge < -0.3 is 5.32 Å². The molecule has 0 unspecified atom stereocenters. The van der Waals surface area contributed by atoms with Gasteiger partial charge in [0.25, 0.3) is 11.1 Å². The summed E-state index contributed by atoms with van der Waals surface area (Å²) in [7, 11) is 0. The van der Waals surface area contributed by atoms with Crippen molar-refractivity contribution in [2.45, 2.75) is 24.4 Å². The lowest BCUT2D eigenvalue weighted by molar-refractivity contribution is -0.301. The summed E-state index contributed by atoms with van der Waals surface area (Å²) >= 11 is 5.87. The molecule has 0 atom stereocenters. The van der Waals surface area contributed by atoms with E-state index in [0.717, 1.165) is 6.07 Å². The number of H-pyrrole nitrogens is 1. The van der Waals surface area contributed by atoms with Gasteiger partial charge in [-0.3, -0.25) is 14.3 Å². The number of nitrogens with zero attached hydrogens (tertiary/aromatic N) is 2. The number of alkyl halides is 6. The third-order valence-corrected chi connectivity index (χ3v) is 5.41. The van der Waals surface area contributed by atoms with Crippen LogP contribution in [0.5, 0.6) is 0 Å². The van der Waals surface area contributed by atoms with Gasteiger partial charge in [0.2, 0.25) is 0 Å². The number of fused-ring (bicyclic) bond motifs is 1. The van der Waals surface area contributed by atoms with Crippen LogP contribution in [0.25, 0.3) is 0 Å². The lowest BCUT2D eigenvalue weighted by Crippen LogP contribution is -2.59. The molecule has 34 heavy (non-hydrogen) atoms. The highest BCUT2D eigenvalue weighted by Crippen LogP contribution is 2.55. The molecule has 1 aromatic heterocycles. The van der Waals surface area contributed by atoms with Gasteiger partial charge in [0.15, 0.2) is 0 Å². The summed E-state index contributed by atoms with van der Waals surface area (Å²) in [4.78, 5) is 29.6. The van der Waals surface area contributed by atoms with E-state index in [1.807, 2.05) is 0 Å². The molecule has 178 valence electrons. The molecule has 0 saturated carbocycles. The van der Waals surface area contributed by atoms with Crippen LogP contribution in [0.4, 0.5) is 32.2 Å². The van der Waals surface area contributed by atoms with E-state index in [1.165, 1.54) is 30.3 Å². The number of aromatic nitrogens is 2. The van der Waals surface area contributed by atoms with Crippen LogP contribution in [0.2, 0.25) is 5.02 Å². The fraction of sp³-hybridized carbons (Fsp3) is 0.190. The molecule has 0 saturated heterocycles. The molecular formula is C21H13ClF6N4O2. The predicted octanol–water partition coefficient (Wildman–Crippen LogP) is 4.43. The molecule has 1 aliphatic heterocycles. The standard InChI is InChI=1S/C21H13ClF6N4O2/c22-13-8-4-7-12(9-13)15-29-16-14(19(31-15,20(23,24)25)21(26,27)28)17(33)30-18(34)32(16)10-11-5-2-1-3-6-11/h1-9H,10H2,(H,29,31)(H,30,33,34). The van der Waals surface area contributed by atoms with E-state index in [-0.39, 0.29) is 10.6 Å². The maximum absolute atomic E-state index is 14.3. The summed E-state index contributed by atoms with van der Waals surface area (Å²) in [5, 5.41) is 2.36. The van der Waals surface area contributed by atoms with Crippen LogP contribution in [-0.4, -0.2) is 27.7 Å². The zero-order valence-electron chi connectivity index (χ0n) is 16.8. The molecule has 0 radical (unpaired) electrons. The van der Waals surface area contributed by atoms with Gasteiger partial charge in [0.05, 0.1) is 6.54 Å². The molecule has 0 fully saturated rings. The van der Waals surface area contributed by atoms with E-state index in [2.05, 4.69) is 10.3 Å². The minimum absolute atomic E-state index is 0.0185. The summed E-state index contributed by atoms with van der Waals surface area (Å²) in [5.74, 6) is -1.84. The monoisotopic (exact) mass is 502 g/mol. The van der Waals surface area contributed by atoms with E-state index in [0.29, 0.717) is 10.1 Å². The van der Waals surface area contributed by atoms with Crippen LogP contribution in [-0.2, 0) is 12.1 Å². The number of benzene rings is 2. The zero-order valence-corrected chi connectivity index (χ0v) is 17.5. The van der Waals surface area contributed by atoms with Crippen molar-refractivity contribution in [2.75, 3.05) is 5.32 Å². The Hall–Kier alpha value is -3.54. The SMILES string of the molecule is O=c1[nH]c(=O)n(Cc2ccccc2)c2c1C(C(F)(F)F)(C(F)(F)F)N=C(c1cccc(Cl)c1)N2. The minimum Gasteiger partial charge on any atom is -0.326 e. The highest BCUT2D eigenvalue weighted by Gasteiger charge is 2.75. The van der Waals surface area contributed by atoms with Gasteiger partial charge in [-0.25, -0.2) is 9.79 Å². The first kappa shape index (κ1) is 23.6. The van der Waals surface area contributed by atoms with Crippen molar-refractivity contribution in [3.8, 4) is 0 Å². The van der Waals surface area contributed by atoms with Crippen LogP contribution < -0.4 is 16.6 Å². The maximum Gasteiger partial charge on any atom is 0.427 e. The molecule has 13 heteroatoms. The molecule has 2 heterocycles. The second-order valence-electron chi connectivity index (χ2n) is 7.36. The van der Waals surface area contributed by atoms with Gasteiger partial charge in [0.1, 0.15) is 17.2 Å². The van der Waals surface area contributed by atoms with E-state index < -0.39 is 52.9 Å². The van der Waals surface area contributed by atoms with Crippen molar-refractivity contribution < 1.29 is 26.3 Å². The number of hydrogen-bond donors (Lipinski definition) is 2. The third-order valence-electron chi connectivity index (χ3n) is 5.18. The number of aliphatic imine (C=N–C) groups is 1. The number of anilines is 1. The first-order chi connectivity index (χ1) is 15.8. The Morgan fingerprint density at radius 3 is 2.18 bits per heavy atom. The third kappa shape index (κ3) is 3.77. The average Bonchev–Trinajstić information content (AvgIpc) is 2.75. The Morgan fingerprint density at radius 1 is 0.941 bits per heavy atom. The molecule has 0 aliphatic carbocycles. The van der Waals surface area contributed by atoms with Crippen molar-refractivity contribution in [1.82, 2.24) is 9.55 Å². The van der Waals surface area contributed by atoms with E-state index in [1.54, 1.807) is 23.2 Å². The van der Waals surface area contributed by atoms with Gasteiger partial charge in [-0.05, 0) is 17.7 Å². The van der Waals surface area contributed by atoms with Gasteiger partial charge in [-0.2, -0.15) is 26.3 Å². The Morgan fingerprint density at radius 2 is 1.59 bits per heavy atom. The fourth-order valence-corrected chi connectivity index (χ4v) is 3.85. The molecule has 4 rings (SSSR count). The Labute approximate surface area is 191 Å². The number of halogens is 7. The number of hydrogen-bond acceptors (Lipinski definition) is 4. The largest absolute Gasteiger partial charge is 0.427 e. The number of nitrogens with one attached hydrogen (secondary N) is 2. The zero-order chi connectivity index (χ0) is 24.9. The second-order valence-corrected chi connectivity index (χ2v) is 7.79. The Kier molecular flexibility index (Phi) is 5.59. The summed E-state index contributed by atoms with van der Waals surface area (Å²) in [5.41, 5.74) is -9.62. The van der Waals surface area contributed by atoms with Gasteiger partial charge >= 0.3 is 18.0 Å². The van der Waals surface area contributed by atoms with E-state index in [9.17, 15) is 35.9 Å². The molecular weight excluding hydrogens is 490 g/mol. The average molecular weight is 503 g/mol. The van der Waals surface area contributed by atoms with Gasteiger partial charge in [0, 0.05) is 10.6 Å². The number of amidine groups is 1. The Balaban J connectivity index is 2.10. The number of rotatable bonds is 3. The summed E-state index contributed by atoms with van der Waals surface area (Å²) in [6.07, 6.45) is -12.2. The Bertz CT molecular complexity index is 1380. The van der Waals surface area contributed by atoms with Crippen molar-refractivity contribution >= 4 is 23.3 Å². The summed E-state index contributed by atoms with van der Waals surface area (Å²) in [6.45, 7) is -0.430. The van der Waals surface area contributed by atoms with Crippen molar-refractivity contribution in [3.63, 3.8) is 0 Å². The summed E-state index contributed by atoms with van der Waals surface area (Å²) < 4.78 is 86.1. The quantitative estimate of drug-likeness (QED) is 0.520. The lowest BCUT2D eigenvalue weighted by Gasteiger charge is -2.38. The molecule has 3 aromatic rings. The van der Waals surface area contributed by atoms with Crippen LogP contribution in [0, 0.1) is 0 Å². The predicted molar refractivity (Wildman–Crippen MR) is 112 cm³/mol. The second kappa shape index (κ2) is 8.05. The van der Waals surface area contributed by atoms with Crippen LogP contribution in [0.3, 0.4) is 0 Å². The fourth-order valence-electron chi connectivity index (χ4n) is 3.66. The smallest absolute Gasteiger partial charge is 0.326 e. The lowest BCUT2D eigenvalue weighted by atomic mass is 9.87. The molecule has 0 spiro atoms. The molecule has 2 aromatic carbocycles. The van der Waals surface area contributed by atoms with Crippen molar-refractivity contribution in [2.24, 2.45) is 4.99 Å². The summed E-state index contributed by atoms with van der Waals surface area (Å²) in [6, 6.07) is 12.7. The molecule has 1 aliphatic rings. The molecule has 2 N–H and O–H groups in total. The van der Waals surface area contributed by atoms with Crippen LogP contribution >= 0.6 is 11.6 Å². The first-order valence-electron chi connectivity index (χ1n) is 9.53. The van der Waals surface area contributed by atoms with E-state index in [4.69, 9.17) is 11.6 Å². The van der Waals surface area contributed by atoms with Crippen molar-refractivity contribution in [1.29, 1.82) is 0 Å². The van der Waals surface area contributed by atoms with Gasteiger partial charge in [-0.1, -0.05) is 54.1 Å². The maximum atomic E-state index is 14.3. The van der Waals surface area contributed by atoms with Crippen LogP contribution in [0.15, 0.2) is 69.2 Å². The van der Waals surface area contributed by atoms with E-state index >= 15 is 0 Å². The normalized spacial score (nSPS) is 15.3. The topological polar surface area (TPSA) is 79.2 Å². The molecule has 0 bridgehead atoms. The number of aromatic amines is 1. The van der Waals surface area contributed by atoms with Crippen LogP contribution in [0.1, 0.15) is 16.7 Å². The molecule has 6 nitrogen and oxygen atoms in total. The minimum atomic E-state index is -6.09. The first-order valence-corrected chi connectivity index (χ1v) is 9.91. The highest BCUT2D eigenvalue weighted by molar-refractivity contribution is 6.31. The van der Waals surface area contributed by atoms with Crippen molar-refractivity contribution in [3.05, 3.63) is 97.1 Å². The van der Waals surface area contributed by atoms with Gasteiger partial charge in [-0.15, -0.1) is 0 Å². The molecule has 0 amide bonds.